The van der Waals surface area contributed by atoms with Gasteiger partial charge in [-0.1, -0.05) is 18.2 Å². The standard InChI is InChI=1S/C25H29N5O2/c1-17-12-18(2)28-25(27-17)29-21-13-19(3)26-23(14-21)20-8-7-11-30(15-20)24(31)16-32-22-9-5-4-6-10-22/h4-6,9-10,12-14,20H,7-8,11,15-16H2,1-3H3,(H,26,27,28,29)/t20-/m0/s1. The third kappa shape index (κ3) is 5.60. The predicted octanol–water partition coefficient (Wildman–Crippen LogP) is 4.33. The van der Waals surface area contributed by atoms with E-state index in [-0.39, 0.29) is 18.4 Å². The number of benzene rings is 1. The number of nitrogens with zero attached hydrogens (tertiary/aromatic N) is 4. The van der Waals surface area contributed by atoms with Crippen molar-refractivity contribution in [3.63, 3.8) is 0 Å². The highest BCUT2D eigenvalue weighted by Crippen LogP contribution is 2.28. The zero-order chi connectivity index (χ0) is 22.5. The zero-order valence-corrected chi connectivity index (χ0v) is 18.8. The number of carbonyl (C=O) groups is 1. The molecule has 1 fully saturated rings. The third-order valence-corrected chi connectivity index (χ3v) is 5.51. The summed E-state index contributed by atoms with van der Waals surface area (Å²) in [5, 5.41) is 3.32. The normalized spacial score (nSPS) is 16.0. The Kier molecular flexibility index (Phi) is 6.63. The second kappa shape index (κ2) is 9.77. The van der Waals surface area contributed by atoms with E-state index in [1.54, 1.807) is 0 Å². The first kappa shape index (κ1) is 21.7. The van der Waals surface area contributed by atoms with Crippen LogP contribution in [0.5, 0.6) is 5.75 Å². The number of para-hydroxylation sites is 1. The molecule has 4 rings (SSSR count). The maximum absolute atomic E-state index is 12.7. The molecule has 0 bridgehead atoms. The van der Waals surface area contributed by atoms with Crippen LogP contribution in [-0.2, 0) is 4.79 Å². The Hall–Kier alpha value is -3.48. The van der Waals surface area contributed by atoms with E-state index in [4.69, 9.17) is 9.72 Å². The molecule has 1 amide bonds. The highest BCUT2D eigenvalue weighted by molar-refractivity contribution is 5.78. The van der Waals surface area contributed by atoms with Crippen LogP contribution in [-0.4, -0.2) is 45.5 Å². The van der Waals surface area contributed by atoms with Gasteiger partial charge < -0.3 is 15.0 Å². The lowest BCUT2D eigenvalue weighted by molar-refractivity contribution is -0.134. The van der Waals surface area contributed by atoms with E-state index in [2.05, 4.69) is 15.3 Å². The van der Waals surface area contributed by atoms with Gasteiger partial charge >= 0.3 is 0 Å². The summed E-state index contributed by atoms with van der Waals surface area (Å²) in [7, 11) is 0. The van der Waals surface area contributed by atoms with Gasteiger partial charge in [-0.15, -0.1) is 0 Å². The highest BCUT2D eigenvalue weighted by Gasteiger charge is 2.26. The lowest BCUT2D eigenvalue weighted by atomic mass is 9.93. The van der Waals surface area contributed by atoms with Crippen molar-refractivity contribution in [1.82, 2.24) is 19.9 Å². The number of piperidine rings is 1. The fraction of sp³-hybridized carbons (Fsp3) is 0.360. The second-order valence-electron chi connectivity index (χ2n) is 8.30. The average molecular weight is 432 g/mol. The summed E-state index contributed by atoms with van der Waals surface area (Å²) in [5.41, 5.74) is 4.66. The molecule has 0 unspecified atom stereocenters. The number of aryl methyl sites for hydroxylation is 3. The van der Waals surface area contributed by atoms with Crippen molar-refractivity contribution in [3.8, 4) is 5.75 Å². The molecule has 166 valence electrons. The molecule has 1 aliphatic rings. The second-order valence-corrected chi connectivity index (χ2v) is 8.30. The van der Waals surface area contributed by atoms with Gasteiger partial charge in [0.05, 0.1) is 0 Å². The summed E-state index contributed by atoms with van der Waals surface area (Å²) in [4.78, 5) is 28.3. The van der Waals surface area contributed by atoms with Crippen LogP contribution >= 0.6 is 0 Å². The number of rotatable bonds is 6. The number of pyridine rings is 1. The summed E-state index contributed by atoms with van der Waals surface area (Å²) in [6, 6.07) is 15.4. The number of hydrogen-bond donors (Lipinski definition) is 1. The number of amides is 1. The molecule has 3 heterocycles. The van der Waals surface area contributed by atoms with Crippen LogP contribution < -0.4 is 10.1 Å². The van der Waals surface area contributed by atoms with Gasteiger partial charge in [0.25, 0.3) is 5.91 Å². The Balaban J connectivity index is 1.44. The number of carbonyl (C=O) groups excluding carboxylic acids is 1. The summed E-state index contributed by atoms with van der Waals surface area (Å²) in [6.07, 6.45) is 1.94. The number of ether oxygens (including phenoxy) is 1. The smallest absolute Gasteiger partial charge is 0.260 e. The summed E-state index contributed by atoms with van der Waals surface area (Å²) < 4.78 is 5.66. The SMILES string of the molecule is Cc1cc(Nc2nc(C)cc(C)n2)cc([C@H]2CCCN(C(=O)COc3ccccc3)C2)n1. The minimum Gasteiger partial charge on any atom is -0.484 e. The predicted molar refractivity (Wildman–Crippen MR) is 124 cm³/mol. The van der Waals surface area contributed by atoms with E-state index >= 15 is 0 Å². The number of likely N-dealkylation sites (tertiary alicyclic amines) is 1. The molecule has 0 spiro atoms. The molecule has 0 radical (unpaired) electrons. The summed E-state index contributed by atoms with van der Waals surface area (Å²) >= 11 is 0. The molecule has 7 heteroatoms. The number of aromatic nitrogens is 3. The molecule has 1 saturated heterocycles. The Labute approximate surface area is 188 Å². The molecule has 7 nitrogen and oxygen atoms in total. The molecule has 32 heavy (non-hydrogen) atoms. The van der Waals surface area contributed by atoms with Gasteiger partial charge in [0.2, 0.25) is 5.95 Å². The molecule has 0 aliphatic carbocycles. The maximum atomic E-state index is 12.7. The van der Waals surface area contributed by atoms with Crippen LogP contribution in [0.1, 0.15) is 41.5 Å². The number of anilines is 2. The first-order valence-electron chi connectivity index (χ1n) is 11.0. The van der Waals surface area contributed by atoms with Gasteiger partial charge in [0.15, 0.2) is 6.61 Å². The van der Waals surface area contributed by atoms with Crippen molar-refractivity contribution in [2.75, 3.05) is 25.0 Å². The van der Waals surface area contributed by atoms with E-state index in [1.165, 1.54) is 0 Å². The topological polar surface area (TPSA) is 80.2 Å². The molecule has 2 aromatic heterocycles. The minimum atomic E-state index is 0.00758. The monoisotopic (exact) mass is 431 g/mol. The van der Waals surface area contributed by atoms with E-state index in [1.807, 2.05) is 74.2 Å². The van der Waals surface area contributed by atoms with Crippen LogP contribution in [0.15, 0.2) is 48.5 Å². The van der Waals surface area contributed by atoms with Gasteiger partial charge in [0.1, 0.15) is 5.75 Å². The zero-order valence-electron chi connectivity index (χ0n) is 18.8. The van der Waals surface area contributed by atoms with Crippen LogP contribution in [0.25, 0.3) is 0 Å². The maximum Gasteiger partial charge on any atom is 0.260 e. The average Bonchev–Trinajstić information content (AvgIpc) is 2.77. The van der Waals surface area contributed by atoms with E-state index in [0.29, 0.717) is 18.2 Å². The minimum absolute atomic E-state index is 0.00758. The summed E-state index contributed by atoms with van der Waals surface area (Å²) in [6.45, 7) is 7.34. The fourth-order valence-corrected chi connectivity index (χ4v) is 4.08. The van der Waals surface area contributed by atoms with Crippen LogP contribution in [0.3, 0.4) is 0 Å². The van der Waals surface area contributed by atoms with Crippen molar-refractivity contribution >= 4 is 17.5 Å². The molecule has 1 N–H and O–H groups in total. The molecular weight excluding hydrogens is 402 g/mol. The Morgan fingerprint density at radius 3 is 2.50 bits per heavy atom. The number of nitrogens with one attached hydrogen (secondary N) is 1. The molecule has 0 saturated carbocycles. The quantitative estimate of drug-likeness (QED) is 0.626. The van der Waals surface area contributed by atoms with Gasteiger partial charge in [-0.05, 0) is 63.9 Å². The molecular formula is C25H29N5O2. The van der Waals surface area contributed by atoms with Crippen molar-refractivity contribution in [1.29, 1.82) is 0 Å². The third-order valence-electron chi connectivity index (χ3n) is 5.51. The number of hydrogen-bond acceptors (Lipinski definition) is 6. The van der Waals surface area contributed by atoms with Gasteiger partial charge in [-0.2, -0.15) is 0 Å². The first-order valence-corrected chi connectivity index (χ1v) is 11.0. The molecule has 1 aromatic carbocycles. The van der Waals surface area contributed by atoms with Gasteiger partial charge in [0, 0.05) is 47.5 Å². The van der Waals surface area contributed by atoms with E-state index in [0.717, 1.165) is 47.8 Å². The van der Waals surface area contributed by atoms with Crippen molar-refractivity contribution in [2.45, 2.75) is 39.5 Å². The Morgan fingerprint density at radius 2 is 1.75 bits per heavy atom. The molecule has 1 atom stereocenters. The fourth-order valence-electron chi connectivity index (χ4n) is 4.08. The lowest BCUT2D eigenvalue weighted by Crippen LogP contribution is -2.41. The Morgan fingerprint density at radius 1 is 1.03 bits per heavy atom. The molecule has 1 aliphatic heterocycles. The van der Waals surface area contributed by atoms with Crippen LogP contribution in [0.2, 0.25) is 0 Å². The van der Waals surface area contributed by atoms with Crippen LogP contribution in [0, 0.1) is 20.8 Å². The van der Waals surface area contributed by atoms with Crippen molar-refractivity contribution in [2.24, 2.45) is 0 Å². The van der Waals surface area contributed by atoms with Gasteiger partial charge in [-0.3, -0.25) is 9.78 Å². The summed E-state index contributed by atoms with van der Waals surface area (Å²) in [5.74, 6) is 1.48. The van der Waals surface area contributed by atoms with E-state index < -0.39 is 0 Å². The largest absolute Gasteiger partial charge is 0.484 e. The van der Waals surface area contributed by atoms with E-state index in [9.17, 15) is 4.79 Å². The lowest BCUT2D eigenvalue weighted by Gasteiger charge is -2.32. The first-order chi connectivity index (χ1) is 15.5. The Bertz CT molecular complexity index is 1070. The van der Waals surface area contributed by atoms with Crippen molar-refractivity contribution < 1.29 is 9.53 Å². The van der Waals surface area contributed by atoms with Gasteiger partial charge in [-0.25, -0.2) is 9.97 Å². The van der Waals surface area contributed by atoms with Crippen molar-refractivity contribution in [3.05, 3.63) is 71.3 Å². The molecule has 3 aromatic rings. The van der Waals surface area contributed by atoms with Crippen LogP contribution in [0.4, 0.5) is 11.6 Å². The highest BCUT2D eigenvalue weighted by atomic mass is 16.5.